The molecule has 0 bridgehead atoms. The Kier molecular flexibility index (Phi) is 7.53. The SMILES string of the molecule is CCOC(=O)C1CC(I)C(OCC(CC)CC)C1. The Morgan fingerprint density at radius 1 is 1.28 bits per heavy atom. The Labute approximate surface area is 124 Å². The molecule has 0 aromatic heterocycles. The van der Waals surface area contributed by atoms with Crippen LogP contribution in [0.4, 0.5) is 0 Å². The molecule has 0 aromatic rings. The molecule has 0 spiro atoms. The Morgan fingerprint density at radius 2 is 1.94 bits per heavy atom. The van der Waals surface area contributed by atoms with Crippen LogP contribution in [-0.4, -0.2) is 29.2 Å². The molecule has 1 aliphatic rings. The van der Waals surface area contributed by atoms with Gasteiger partial charge in [0.15, 0.2) is 0 Å². The highest BCUT2D eigenvalue weighted by atomic mass is 127. The van der Waals surface area contributed by atoms with E-state index in [0.29, 0.717) is 16.4 Å². The van der Waals surface area contributed by atoms with Crippen molar-refractivity contribution < 1.29 is 14.3 Å². The molecule has 3 nitrogen and oxygen atoms in total. The van der Waals surface area contributed by atoms with Gasteiger partial charge >= 0.3 is 5.97 Å². The van der Waals surface area contributed by atoms with E-state index in [9.17, 15) is 4.79 Å². The fourth-order valence-electron chi connectivity index (χ4n) is 2.36. The highest BCUT2D eigenvalue weighted by Gasteiger charge is 2.38. The van der Waals surface area contributed by atoms with Gasteiger partial charge in [0.05, 0.1) is 18.6 Å². The Balaban J connectivity index is 2.37. The van der Waals surface area contributed by atoms with Gasteiger partial charge < -0.3 is 9.47 Å². The van der Waals surface area contributed by atoms with Gasteiger partial charge in [-0.1, -0.05) is 49.3 Å². The Hall–Kier alpha value is 0.160. The highest BCUT2D eigenvalue weighted by molar-refractivity contribution is 14.1. The summed E-state index contributed by atoms with van der Waals surface area (Å²) in [4.78, 5) is 11.7. The molecule has 0 heterocycles. The average molecular weight is 368 g/mol. The van der Waals surface area contributed by atoms with Crippen LogP contribution in [-0.2, 0) is 14.3 Å². The molecule has 0 aliphatic heterocycles. The van der Waals surface area contributed by atoms with Gasteiger partial charge in [0, 0.05) is 10.5 Å². The molecule has 18 heavy (non-hydrogen) atoms. The normalized spacial score (nSPS) is 27.7. The van der Waals surface area contributed by atoms with E-state index in [1.807, 2.05) is 6.92 Å². The first-order chi connectivity index (χ1) is 8.62. The molecule has 1 rings (SSSR count). The zero-order chi connectivity index (χ0) is 13.5. The van der Waals surface area contributed by atoms with Crippen molar-refractivity contribution in [3.8, 4) is 0 Å². The van der Waals surface area contributed by atoms with Gasteiger partial charge in [-0.05, 0) is 25.7 Å². The van der Waals surface area contributed by atoms with Crippen LogP contribution in [0.1, 0.15) is 46.5 Å². The number of carbonyl (C=O) groups is 1. The third-order valence-electron chi connectivity index (χ3n) is 3.75. The monoisotopic (exact) mass is 368 g/mol. The summed E-state index contributed by atoms with van der Waals surface area (Å²) in [5.41, 5.74) is 0. The second kappa shape index (κ2) is 8.35. The van der Waals surface area contributed by atoms with Crippen LogP contribution in [0.25, 0.3) is 0 Å². The van der Waals surface area contributed by atoms with Crippen LogP contribution < -0.4 is 0 Å². The molecule has 0 saturated heterocycles. The van der Waals surface area contributed by atoms with E-state index >= 15 is 0 Å². The maximum Gasteiger partial charge on any atom is 0.309 e. The van der Waals surface area contributed by atoms with E-state index in [4.69, 9.17) is 9.47 Å². The molecule has 1 saturated carbocycles. The third-order valence-corrected chi connectivity index (χ3v) is 5.06. The van der Waals surface area contributed by atoms with Crippen LogP contribution in [0.5, 0.6) is 0 Å². The molecule has 4 heteroatoms. The number of rotatable bonds is 7. The molecule has 3 unspecified atom stereocenters. The van der Waals surface area contributed by atoms with Crippen molar-refractivity contribution in [2.45, 2.75) is 56.5 Å². The zero-order valence-electron chi connectivity index (χ0n) is 11.7. The van der Waals surface area contributed by atoms with Crippen LogP contribution in [0.3, 0.4) is 0 Å². The van der Waals surface area contributed by atoms with Crippen molar-refractivity contribution in [3.05, 3.63) is 0 Å². The van der Waals surface area contributed by atoms with E-state index in [1.54, 1.807) is 0 Å². The standard InChI is InChI=1S/C14H25IO3/c1-4-10(5-2)9-18-13-8-11(7-12(13)15)14(16)17-6-3/h10-13H,4-9H2,1-3H3. The quantitative estimate of drug-likeness (QED) is 0.392. The molecule has 0 radical (unpaired) electrons. The lowest BCUT2D eigenvalue weighted by molar-refractivity contribution is -0.148. The fraction of sp³-hybridized carbons (Fsp3) is 0.929. The first-order valence-corrected chi connectivity index (χ1v) is 8.29. The lowest BCUT2D eigenvalue weighted by atomic mass is 10.1. The third kappa shape index (κ3) is 4.68. The topological polar surface area (TPSA) is 35.5 Å². The van der Waals surface area contributed by atoms with Gasteiger partial charge in [-0.15, -0.1) is 0 Å². The minimum atomic E-state index is -0.0483. The summed E-state index contributed by atoms with van der Waals surface area (Å²) in [6.07, 6.45) is 4.27. The number of esters is 1. The van der Waals surface area contributed by atoms with Gasteiger partial charge in [0.1, 0.15) is 0 Å². The van der Waals surface area contributed by atoms with E-state index in [0.717, 1.165) is 32.3 Å². The summed E-state index contributed by atoms with van der Waals surface area (Å²) in [7, 11) is 0. The summed E-state index contributed by atoms with van der Waals surface area (Å²) in [5, 5.41) is 0. The molecule has 0 amide bonds. The van der Waals surface area contributed by atoms with Crippen molar-refractivity contribution in [2.75, 3.05) is 13.2 Å². The van der Waals surface area contributed by atoms with E-state index < -0.39 is 0 Å². The first-order valence-electron chi connectivity index (χ1n) is 7.04. The van der Waals surface area contributed by atoms with Crippen LogP contribution >= 0.6 is 22.6 Å². The second-order valence-corrected chi connectivity index (χ2v) is 6.59. The fourth-order valence-corrected chi connectivity index (χ4v) is 3.47. The molecule has 106 valence electrons. The predicted octanol–water partition coefficient (Wildman–Crippen LogP) is 3.58. The van der Waals surface area contributed by atoms with Crippen molar-refractivity contribution in [1.82, 2.24) is 0 Å². The number of hydrogen-bond acceptors (Lipinski definition) is 3. The molecule has 1 fully saturated rings. The Morgan fingerprint density at radius 3 is 2.50 bits per heavy atom. The lowest BCUT2D eigenvalue weighted by Gasteiger charge is -2.19. The first kappa shape index (κ1) is 16.2. The number of alkyl halides is 1. The summed E-state index contributed by atoms with van der Waals surface area (Å²) < 4.78 is 11.5. The number of hydrogen-bond donors (Lipinski definition) is 0. The van der Waals surface area contributed by atoms with Crippen molar-refractivity contribution in [3.63, 3.8) is 0 Å². The van der Waals surface area contributed by atoms with E-state index in [1.165, 1.54) is 0 Å². The Bertz CT molecular complexity index is 253. The number of halogens is 1. The van der Waals surface area contributed by atoms with Crippen LogP contribution in [0.15, 0.2) is 0 Å². The molecular formula is C14H25IO3. The second-order valence-electron chi connectivity index (χ2n) is 4.99. The van der Waals surface area contributed by atoms with E-state index in [-0.39, 0.29) is 18.0 Å². The summed E-state index contributed by atoms with van der Waals surface area (Å²) in [6, 6.07) is 0. The van der Waals surface area contributed by atoms with Crippen molar-refractivity contribution >= 4 is 28.6 Å². The molecule has 1 aliphatic carbocycles. The van der Waals surface area contributed by atoms with Crippen LogP contribution in [0, 0.1) is 11.8 Å². The number of carbonyl (C=O) groups excluding carboxylic acids is 1. The minimum Gasteiger partial charge on any atom is -0.466 e. The van der Waals surface area contributed by atoms with E-state index in [2.05, 4.69) is 36.4 Å². The zero-order valence-corrected chi connectivity index (χ0v) is 13.8. The van der Waals surface area contributed by atoms with Gasteiger partial charge in [0.25, 0.3) is 0 Å². The maximum atomic E-state index is 11.7. The van der Waals surface area contributed by atoms with Crippen molar-refractivity contribution in [2.24, 2.45) is 11.8 Å². The largest absolute Gasteiger partial charge is 0.466 e. The summed E-state index contributed by atoms with van der Waals surface area (Å²) in [5.74, 6) is 0.640. The number of ether oxygens (including phenoxy) is 2. The van der Waals surface area contributed by atoms with Gasteiger partial charge in [0.2, 0.25) is 0 Å². The van der Waals surface area contributed by atoms with Crippen molar-refractivity contribution in [1.29, 1.82) is 0 Å². The van der Waals surface area contributed by atoms with Gasteiger partial charge in [-0.3, -0.25) is 4.79 Å². The summed E-state index contributed by atoms with van der Waals surface area (Å²) >= 11 is 2.41. The molecular weight excluding hydrogens is 343 g/mol. The highest BCUT2D eigenvalue weighted by Crippen LogP contribution is 2.34. The predicted molar refractivity (Wildman–Crippen MR) is 81.0 cm³/mol. The van der Waals surface area contributed by atoms with Crippen LogP contribution in [0.2, 0.25) is 0 Å². The maximum absolute atomic E-state index is 11.7. The van der Waals surface area contributed by atoms with Gasteiger partial charge in [-0.2, -0.15) is 0 Å². The summed E-state index contributed by atoms with van der Waals surface area (Å²) in [6.45, 7) is 7.56. The molecule has 0 N–H and O–H groups in total. The minimum absolute atomic E-state index is 0.0403. The molecule has 0 aromatic carbocycles. The smallest absolute Gasteiger partial charge is 0.309 e. The lowest BCUT2D eigenvalue weighted by Crippen LogP contribution is -2.22. The average Bonchev–Trinajstić information content (AvgIpc) is 2.73. The molecule has 3 atom stereocenters. The van der Waals surface area contributed by atoms with Gasteiger partial charge in [-0.25, -0.2) is 0 Å².